The van der Waals surface area contributed by atoms with E-state index in [0.717, 1.165) is 42.4 Å². The molecule has 1 aliphatic carbocycles. The summed E-state index contributed by atoms with van der Waals surface area (Å²) < 4.78 is 0. The van der Waals surface area contributed by atoms with Gasteiger partial charge in [-0.25, -0.2) is 0 Å². The van der Waals surface area contributed by atoms with Crippen LogP contribution >= 0.6 is 23.2 Å². The lowest BCUT2D eigenvalue weighted by atomic mass is 10.1. The fourth-order valence-corrected chi connectivity index (χ4v) is 4.37. The van der Waals surface area contributed by atoms with Crippen molar-refractivity contribution in [2.45, 2.75) is 64.6 Å². The van der Waals surface area contributed by atoms with Crippen LogP contribution in [-0.4, -0.2) is 28.8 Å². The highest BCUT2D eigenvalue weighted by atomic mass is 35.5. The zero-order valence-corrected chi connectivity index (χ0v) is 19.0. The minimum atomic E-state index is -0.602. The lowest BCUT2D eigenvalue weighted by Gasteiger charge is -2.30. The average molecular weight is 447 g/mol. The van der Waals surface area contributed by atoms with E-state index in [1.54, 1.807) is 30.0 Å². The van der Waals surface area contributed by atoms with Crippen molar-refractivity contribution in [3.63, 3.8) is 0 Å². The van der Waals surface area contributed by atoms with Crippen molar-refractivity contribution < 1.29 is 9.59 Å². The van der Waals surface area contributed by atoms with E-state index in [1.165, 1.54) is 0 Å². The minimum absolute atomic E-state index is 0.110. The molecule has 0 radical (unpaired) electrons. The van der Waals surface area contributed by atoms with Crippen molar-refractivity contribution >= 4 is 35.0 Å². The van der Waals surface area contributed by atoms with Gasteiger partial charge in [-0.05, 0) is 49.9 Å². The van der Waals surface area contributed by atoms with Crippen molar-refractivity contribution in [3.05, 3.63) is 69.2 Å². The molecule has 0 saturated heterocycles. The number of nitrogens with one attached hydrogen (secondary N) is 1. The SMILES string of the molecule is Cc1cccc(CC(=O)N(Cc2ccc(Cl)cc2Cl)C(C)C(=O)NC2CCCC2)c1. The maximum atomic E-state index is 13.3. The summed E-state index contributed by atoms with van der Waals surface area (Å²) in [6, 6.07) is 12.7. The van der Waals surface area contributed by atoms with Crippen molar-refractivity contribution in [1.29, 1.82) is 0 Å². The molecule has 1 atom stereocenters. The summed E-state index contributed by atoms with van der Waals surface area (Å²) in [5.41, 5.74) is 2.79. The van der Waals surface area contributed by atoms with Gasteiger partial charge in [0.05, 0.1) is 6.42 Å². The van der Waals surface area contributed by atoms with Gasteiger partial charge < -0.3 is 10.2 Å². The van der Waals surface area contributed by atoms with Gasteiger partial charge in [-0.3, -0.25) is 9.59 Å². The van der Waals surface area contributed by atoms with Crippen LogP contribution in [0, 0.1) is 6.92 Å². The maximum absolute atomic E-state index is 13.3. The first-order chi connectivity index (χ1) is 14.3. The first-order valence-corrected chi connectivity index (χ1v) is 11.2. The van der Waals surface area contributed by atoms with Crippen LogP contribution in [0.1, 0.15) is 49.3 Å². The molecule has 0 spiro atoms. The summed E-state index contributed by atoms with van der Waals surface area (Å²) in [7, 11) is 0. The molecule has 1 N–H and O–H groups in total. The first-order valence-electron chi connectivity index (χ1n) is 10.4. The monoisotopic (exact) mass is 446 g/mol. The molecule has 2 aromatic carbocycles. The van der Waals surface area contributed by atoms with Gasteiger partial charge in [0.25, 0.3) is 0 Å². The molecular formula is C24H28Cl2N2O2. The molecule has 4 nitrogen and oxygen atoms in total. The average Bonchev–Trinajstić information content (AvgIpc) is 3.20. The third kappa shape index (κ3) is 5.99. The Kier molecular flexibility index (Phi) is 7.79. The summed E-state index contributed by atoms with van der Waals surface area (Å²) in [6.07, 6.45) is 4.50. The van der Waals surface area contributed by atoms with Gasteiger partial charge in [0.2, 0.25) is 11.8 Å². The maximum Gasteiger partial charge on any atom is 0.242 e. The number of hydrogen-bond donors (Lipinski definition) is 1. The van der Waals surface area contributed by atoms with E-state index in [9.17, 15) is 9.59 Å². The molecule has 3 rings (SSSR count). The lowest BCUT2D eigenvalue weighted by molar-refractivity contribution is -0.140. The molecule has 0 heterocycles. The van der Waals surface area contributed by atoms with Crippen molar-refractivity contribution in [2.75, 3.05) is 0 Å². The van der Waals surface area contributed by atoms with Gasteiger partial charge >= 0.3 is 0 Å². The standard InChI is InChI=1S/C24H28Cl2N2O2/c1-16-6-5-7-18(12-16)13-23(29)28(15-19-10-11-20(25)14-22(19)26)17(2)24(30)27-21-8-3-4-9-21/h5-7,10-12,14,17,21H,3-4,8-9,13,15H2,1-2H3,(H,27,30). The third-order valence-electron chi connectivity index (χ3n) is 5.66. The summed E-state index contributed by atoms with van der Waals surface area (Å²) in [5, 5.41) is 4.13. The normalized spacial score (nSPS) is 15.1. The second-order valence-corrected chi connectivity index (χ2v) is 8.93. The second kappa shape index (κ2) is 10.3. The topological polar surface area (TPSA) is 49.4 Å². The molecule has 160 valence electrons. The van der Waals surface area contributed by atoms with Crippen LogP contribution in [0.3, 0.4) is 0 Å². The molecule has 6 heteroatoms. The molecule has 1 unspecified atom stereocenters. The molecule has 0 aromatic heterocycles. The molecule has 30 heavy (non-hydrogen) atoms. The zero-order chi connectivity index (χ0) is 21.7. The van der Waals surface area contributed by atoms with E-state index in [4.69, 9.17) is 23.2 Å². The van der Waals surface area contributed by atoms with Crippen LogP contribution < -0.4 is 5.32 Å². The van der Waals surface area contributed by atoms with Gasteiger partial charge in [0.15, 0.2) is 0 Å². The molecular weight excluding hydrogens is 419 g/mol. The highest BCUT2D eigenvalue weighted by molar-refractivity contribution is 6.35. The second-order valence-electron chi connectivity index (χ2n) is 8.09. The van der Waals surface area contributed by atoms with Gasteiger partial charge in [0, 0.05) is 22.6 Å². The van der Waals surface area contributed by atoms with Crippen LogP contribution in [0.4, 0.5) is 0 Å². The van der Waals surface area contributed by atoms with Crippen LogP contribution in [0.2, 0.25) is 10.0 Å². The Morgan fingerprint density at radius 1 is 1.13 bits per heavy atom. The van der Waals surface area contributed by atoms with Crippen LogP contribution in [0.25, 0.3) is 0 Å². The van der Waals surface area contributed by atoms with Crippen molar-refractivity contribution in [3.8, 4) is 0 Å². The number of halogens is 2. The third-order valence-corrected chi connectivity index (χ3v) is 6.25. The smallest absolute Gasteiger partial charge is 0.242 e. The molecule has 0 bridgehead atoms. The summed E-state index contributed by atoms with van der Waals surface area (Å²) in [6.45, 7) is 4.03. The highest BCUT2D eigenvalue weighted by Gasteiger charge is 2.29. The van der Waals surface area contributed by atoms with E-state index < -0.39 is 6.04 Å². The van der Waals surface area contributed by atoms with E-state index in [-0.39, 0.29) is 30.8 Å². The number of carbonyl (C=O) groups excluding carboxylic acids is 2. The van der Waals surface area contributed by atoms with Crippen LogP contribution in [-0.2, 0) is 22.6 Å². The van der Waals surface area contributed by atoms with Gasteiger partial charge in [-0.1, -0.05) is 71.9 Å². The van der Waals surface area contributed by atoms with Crippen molar-refractivity contribution in [2.24, 2.45) is 0 Å². The fourth-order valence-electron chi connectivity index (χ4n) is 3.91. The van der Waals surface area contributed by atoms with E-state index in [0.29, 0.717) is 10.0 Å². The van der Waals surface area contributed by atoms with Crippen LogP contribution in [0.15, 0.2) is 42.5 Å². The molecule has 1 saturated carbocycles. The first kappa shape index (κ1) is 22.6. The van der Waals surface area contributed by atoms with Crippen molar-refractivity contribution in [1.82, 2.24) is 10.2 Å². The number of aryl methyl sites for hydroxylation is 1. The largest absolute Gasteiger partial charge is 0.352 e. The van der Waals surface area contributed by atoms with E-state index in [2.05, 4.69) is 5.32 Å². The molecule has 2 amide bonds. The minimum Gasteiger partial charge on any atom is -0.352 e. The number of rotatable bonds is 7. The zero-order valence-electron chi connectivity index (χ0n) is 17.5. The summed E-state index contributed by atoms with van der Waals surface area (Å²) >= 11 is 12.4. The van der Waals surface area contributed by atoms with Gasteiger partial charge in [-0.2, -0.15) is 0 Å². The molecule has 1 fully saturated rings. The molecule has 0 aliphatic heterocycles. The number of benzene rings is 2. The van der Waals surface area contributed by atoms with Crippen LogP contribution in [0.5, 0.6) is 0 Å². The molecule has 2 aromatic rings. The Bertz CT molecular complexity index is 910. The number of carbonyl (C=O) groups is 2. The summed E-state index contributed by atoms with van der Waals surface area (Å²) in [5.74, 6) is -0.231. The van der Waals surface area contributed by atoms with Gasteiger partial charge in [0.1, 0.15) is 6.04 Å². The number of nitrogens with zero attached hydrogens (tertiary/aromatic N) is 1. The Labute approximate surface area is 188 Å². The molecule has 1 aliphatic rings. The van der Waals surface area contributed by atoms with E-state index in [1.807, 2.05) is 31.2 Å². The lowest BCUT2D eigenvalue weighted by Crippen LogP contribution is -2.50. The van der Waals surface area contributed by atoms with Gasteiger partial charge in [-0.15, -0.1) is 0 Å². The predicted molar refractivity (Wildman–Crippen MR) is 122 cm³/mol. The Hall–Kier alpha value is -2.04. The highest BCUT2D eigenvalue weighted by Crippen LogP contribution is 2.24. The Balaban J connectivity index is 1.80. The number of amides is 2. The predicted octanol–water partition coefficient (Wildman–Crippen LogP) is 5.32. The fraction of sp³-hybridized carbons (Fsp3) is 0.417. The number of hydrogen-bond acceptors (Lipinski definition) is 2. The Morgan fingerprint density at radius 3 is 2.53 bits per heavy atom. The van der Waals surface area contributed by atoms with E-state index >= 15 is 0 Å². The Morgan fingerprint density at radius 2 is 1.87 bits per heavy atom. The summed E-state index contributed by atoms with van der Waals surface area (Å²) in [4.78, 5) is 27.8. The quantitative estimate of drug-likeness (QED) is 0.625.